The summed E-state index contributed by atoms with van der Waals surface area (Å²) >= 11 is 0. The zero-order valence-corrected chi connectivity index (χ0v) is 20.9. The van der Waals surface area contributed by atoms with Gasteiger partial charge in [-0.3, -0.25) is 0 Å². The Morgan fingerprint density at radius 2 is 1.89 bits per heavy atom. The molecule has 4 rings (SSSR count). The first kappa shape index (κ1) is 24.5. The Bertz CT molecular complexity index is 1270. The molecule has 0 saturated carbocycles. The van der Waals surface area contributed by atoms with E-state index in [-0.39, 0.29) is 6.61 Å². The maximum atomic E-state index is 9.28. The van der Waals surface area contributed by atoms with Gasteiger partial charge < -0.3 is 29.5 Å². The lowest BCUT2D eigenvalue weighted by Gasteiger charge is -2.22. The number of anilines is 3. The van der Waals surface area contributed by atoms with E-state index in [0.717, 1.165) is 58.9 Å². The first-order valence-corrected chi connectivity index (χ1v) is 11.8. The van der Waals surface area contributed by atoms with Gasteiger partial charge in [0, 0.05) is 73.9 Å². The number of nitrogens with one attached hydrogen (secondary N) is 1. The number of aliphatic hydroxyl groups excluding tert-OH is 1. The summed E-state index contributed by atoms with van der Waals surface area (Å²) in [6, 6.07) is 16.3. The highest BCUT2D eigenvalue weighted by atomic mass is 16.5. The number of aromatic nitrogens is 3. The van der Waals surface area contributed by atoms with Crippen LogP contribution < -0.4 is 15.0 Å². The Balaban J connectivity index is 1.60. The van der Waals surface area contributed by atoms with Gasteiger partial charge in [0.25, 0.3) is 0 Å². The number of methoxy groups -OCH3 is 1. The van der Waals surface area contributed by atoms with Gasteiger partial charge in [0.05, 0.1) is 18.5 Å². The van der Waals surface area contributed by atoms with Gasteiger partial charge in [0.2, 0.25) is 5.95 Å². The van der Waals surface area contributed by atoms with Crippen LogP contribution in [0.25, 0.3) is 22.2 Å². The quantitative estimate of drug-likeness (QED) is 0.337. The molecular formula is C27H34N6O2. The standard InChI is InChI=1S/C27H34N6O2/c1-31(2)15-16-32(3)20-10-11-24(26(18-20)35-4)30-27-28-13-12-23(29-27)22-19-33(14-7-17-34)25-9-6-5-8-21(22)25/h5-6,8-13,18-19,34H,7,14-17H2,1-4H3,(H,28,29,30). The molecule has 184 valence electrons. The third kappa shape index (κ3) is 5.72. The van der Waals surface area contributed by atoms with Crippen LogP contribution in [0, 0.1) is 0 Å². The highest BCUT2D eigenvalue weighted by Gasteiger charge is 2.13. The molecule has 0 radical (unpaired) electrons. The lowest BCUT2D eigenvalue weighted by Crippen LogP contribution is -2.28. The van der Waals surface area contributed by atoms with E-state index < -0.39 is 0 Å². The van der Waals surface area contributed by atoms with Crippen molar-refractivity contribution in [2.75, 3.05) is 58.2 Å². The number of rotatable bonds is 11. The molecule has 0 saturated heterocycles. The second-order valence-corrected chi connectivity index (χ2v) is 8.83. The van der Waals surface area contributed by atoms with E-state index in [0.29, 0.717) is 12.4 Å². The molecule has 2 aromatic heterocycles. The fourth-order valence-corrected chi connectivity index (χ4v) is 4.07. The first-order chi connectivity index (χ1) is 17.0. The third-order valence-electron chi connectivity index (χ3n) is 6.03. The topological polar surface area (TPSA) is 78.7 Å². The van der Waals surface area contributed by atoms with Crippen molar-refractivity contribution in [1.82, 2.24) is 19.4 Å². The van der Waals surface area contributed by atoms with Crippen LogP contribution >= 0.6 is 0 Å². The van der Waals surface area contributed by atoms with Crippen LogP contribution in [0.2, 0.25) is 0 Å². The SMILES string of the molecule is COc1cc(N(C)CCN(C)C)ccc1Nc1nccc(-c2cn(CCCO)c3ccccc23)n1. The van der Waals surface area contributed by atoms with Gasteiger partial charge in [0.15, 0.2) is 0 Å². The number of aryl methyl sites for hydroxylation is 1. The summed E-state index contributed by atoms with van der Waals surface area (Å²) in [4.78, 5) is 13.6. The van der Waals surface area contributed by atoms with Crippen molar-refractivity contribution in [2.24, 2.45) is 0 Å². The molecule has 0 bridgehead atoms. The molecule has 2 aromatic carbocycles. The van der Waals surface area contributed by atoms with Crippen molar-refractivity contribution in [1.29, 1.82) is 0 Å². The zero-order chi connectivity index (χ0) is 24.8. The summed E-state index contributed by atoms with van der Waals surface area (Å²) in [7, 11) is 7.89. The van der Waals surface area contributed by atoms with Crippen molar-refractivity contribution >= 4 is 28.2 Å². The smallest absolute Gasteiger partial charge is 0.227 e. The van der Waals surface area contributed by atoms with Crippen LogP contribution in [0.4, 0.5) is 17.3 Å². The van der Waals surface area contributed by atoms with Gasteiger partial charge >= 0.3 is 0 Å². The molecule has 0 fully saturated rings. The number of fused-ring (bicyclic) bond motifs is 1. The van der Waals surface area contributed by atoms with Crippen LogP contribution in [0.15, 0.2) is 60.9 Å². The lowest BCUT2D eigenvalue weighted by atomic mass is 10.1. The van der Waals surface area contributed by atoms with Crippen LogP contribution in [-0.2, 0) is 6.54 Å². The Morgan fingerprint density at radius 3 is 2.66 bits per heavy atom. The number of aliphatic hydroxyl groups is 1. The van der Waals surface area contributed by atoms with Crippen molar-refractivity contribution in [3.05, 3.63) is 60.9 Å². The van der Waals surface area contributed by atoms with Crippen molar-refractivity contribution in [3.8, 4) is 17.0 Å². The Morgan fingerprint density at radius 1 is 1.06 bits per heavy atom. The van der Waals surface area contributed by atoms with E-state index in [1.165, 1.54) is 0 Å². The summed E-state index contributed by atoms with van der Waals surface area (Å²) in [5, 5.41) is 13.7. The first-order valence-electron chi connectivity index (χ1n) is 11.8. The summed E-state index contributed by atoms with van der Waals surface area (Å²) in [6.07, 6.45) is 4.57. The van der Waals surface area contributed by atoms with Gasteiger partial charge in [-0.1, -0.05) is 18.2 Å². The fourth-order valence-electron chi connectivity index (χ4n) is 4.07. The monoisotopic (exact) mass is 474 g/mol. The van der Waals surface area contributed by atoms with E-state index >= 15 is 0 Å². The molecule has 2 heterocycles. The number of hydrogen-bond donors (Lipinski definition) is 2. The Labute approximate surface area is 206 Å². The van der Waals surface area contributed by atoms with Gasteiger partial charge in [-0.2, -0.15) is 0 Å². The Kier molecular flexibility index (Phi) is 7.84. The highest BCUT2D eigenvalue weighted by molar-refractivity contribution is 5.95. The van der Waals surface area contributed by atoms with E-state index in [4.69, 9.17) is 9.72 Å². The number of hydrogen-bond acceptors (Lipinski definition) is 7. The number of likely N-dealkylation sites (N-methyl/N-ethyl adjacent to an activating group) is 2. The van der Waals surface area contributed by atoms with E-state index in [9.17, 15) is 5.11 Å². The normalized spacial score (nSPS) is 11.3. The summed E-state index contributed by atoms with van der Waals surface area (Å²) < 4.78 is 7.84. The van der Waals surface area contributed by atoms with E-state index in [2.05, 4.69) is 70.2 Å². The largest absolute Gasteiger partial charge is 0.494 e. The maximum Gasteiger partial charge on any atom is 0.227 e. The van der Waals surface area contributed by atoms with Crippen LogP contribution in [0.1, 0.15) is 6.42 Å². The summed E-state index contributed by atoms with van der Waals surface area (Å²) in [5.41, 5.74) is 4.88. The molecule has 0 amide bonds. The number of benzene rings is 2. The molecule has 0 spiro atoms. The molecule has 0 unspecified atom stereocenters. The summed E-state index contributed by atoms with van der Waals surface area (Å²) in [6.45, 7) is 2.80. The minimum absolute atomic E-state index is 0.162. The molecule has 0 aliphatic rings. The highest BCUT2D eigenvalue weighted by Crippen LogP contribution is 2.33. The number of nitrogens with zero attached hydrogens (tertiary/aromatic N) is 5. The van der Waals surface area contributed by atoms with Crippen LogP contribution in [0.3, 0.4) is 0 Å². The second kappa shape index (κ2) is 11.2. The van der Waals surface area contributed by atoms with Crippen molar-refractivity contribution in [3.63, 3.8) is 0 Å². The molecule has 0 aliphatic carbocycles. The van der Waals surface area contributed by atoms with Gasteiger partial charge in [-0.15, -0.1) is 0 Å². The molecule has 8 heteroatoms. The van der Waals surface area contributed by atoms with Crippen molar-refractivity contribution in [2.45, 2.75) is 13.0 Å². The molecule has 0 atom stereocenters. The van der Waals surface area contributed by atoms with E-state index in [1.54, 1.807) is 13.3 Å². The zero-order valence-electron chi connectivity index (χ0n) is 20.9. The molecule has 35 heavy (non-hydrogen) atoms. The number of ether oxygens (including phenoxy) is 1. The minimum atomic E-state index is 0.162. The molecule has 4 aromatic rings. The van der Waals surface area contributed by atoms with Gasteiger partial charge in [0.1, 0.15) is 5.75 Å². The van der Waals surface area contributed by atoms with Crippen LogP contribution in [0.5, 0.6) is 5.75 Å². The predicted molar refractivity (Wildman–Crippen MR) is 143 cm³/mol. The van der Waals surface area contributed by atoms with Gasteiger partial charge in [-0.25, -0.2) is 9.97 Å². The predicted octanol–water partition coefficient (Wildman–Crippen LogP) is 4.23. The van der Waals surface area contributed by atoms with E-state index in [1.807, 2.05) is 30.3 Å². The lowest BCUT2D eigenvalue weighted by molar-refractivity contribution is 0.280. The second-order valence-electron chi connectivity index (χ2n) is 8.83. The Hall–Kier alpha value is -3.62. The average Bonchev–Trinajstić information content (AvgIpc) is 3.25. The third-order valence-corrected chi connectivity index (χ3v) is 6.03. The average molecular weight is 475 g/mol. The van der Waals surface area contributed by atoms with Gasteiger partial charge in [-0.05, 0) is 44.8 Å². The fraction of sp³-hybridized carbons (Fsp3) is 0.333. The molecule has 8 nitrogen and oxygen atoms in total. The molecule has 0 aliphatic heterocycles. The number of para-hydroxylation sites is 1. The van der Waals surface area contributed by atoms with Crippen molar-refractivity contribution < 1.29 is 9.84 Å². The minimum Gasteiger partial charge on any atom is -0.494 e. The molecule has 2 N–H and O–H groups in total. The maximum absolute atomic E-state index is 9.28. The summed E-state index contributed by atoms with van der Waals surface area (Å²) in [5.74, 6) is 1.23. The van der Waals surface area contributed by atoms with Crippen LogP contribution in [-0.4, -0.2) is 72.5 Å². The molecular weight excluding hydrogens is 440 g/mol.